The fourth-order valence-corrected chi connectivity index (χ4v) is 4.90. The molecule has 176 valence electrons. The van der Waals surface area contributed by atoms with E-state index in [2.05, 4.69) is 51.7 Å². The van der Waals surface area contributed by atoms with Crippen molar-refractivity contribution in [2.45, 2.75) is 31.3 Å². The van der Waals surface area contributed by atoms with Crippen LogP contribution >= 0.6 is 0 Å². The van der Waals surface area contributed by atoms with E-state index in [1.54, 1.807) is 33.5 Å². The molecule has 5 rings (SSSR count). The molecule has 34 heavy (non-hydrogen) atoms. The minimum atomic E-state index is -0.412. The number of hydrogen-bond acceptors (Lipinski definition) is 7. The van der Waals surface area contributed by atoms with Crippen LogP contribution in [0.25, 0.3) is 10.8 Å². The molecule has 8 heteroatoms. The van der Waals surface area contributed by atoms with Crippen LogP contribution in [-0.4, -0.2) is 39.5 Å². The molecule has 0 radical (unpaired) electrons. The molecule has 8 nitrogen and oxygen atoms in total. The molecule has 2 atom stereocenters. The van der Waals surface area contributed by atoms with Gasteiger partial charge in [0.15, 0.2) is 0 Å². The van der Waals surface area contributed by atoms with Crippen LogP contribution in [-0.2, 0) is 17.6 Å². The maximum Gasteiger partial charge on any atom is 0.258 e. The highest BCUT2D eigenvalue weighted by molar-refractivity contribution is 5.94. The van der Waals surface area contributed by atoms with Gasteiger partial charge in [-0.05, 0) is 46.7 Å². The Morgan fingerprint density at radius 3 is 2.44 bits per heavy atom. The van der Waals surface area contributed by atoms with Crippen molar-refractivity contribution in [1.29, 1.82) is 0 Å². The molecule has 3 N–H and O–H groups in total. The van der Waals surface area contributed by atoms with Gasteiger partial charge in [0.2, 0.25) is 0 Å². The smallest absolute Gasteiger partial charge is 0.258 e. The van der Waals surface area contributed by atoms with Crippen LogP contribution in [0, 0.1) is 0 Å². The van der Waals surface area contributed by atoms with Crippen LogP contribution in [0.4, 0.5) is 0 Å². The summed E-state index contributed by atoms with van der Waals surface area (Å²) >= 11 is 0. The number of ether oxygens (including phenoxy) is 3. The van der Waals surface area contributed by atoms with Gasteiger partial charge in [0.25, 0.3) is 5.91 Å². The molecule has 1 fully saturated rings. The molecule has 0 bridgehead atoms. The quantitative estimate of drug-likeness (QED) is 0.371. The maximum absolute atomic E-state index is 12.8. The molecule has 0 saturated carbocycles. The highest BCUT2D eigenvalue weighted by Crippen LogP contribution is 2.37. The summed E-state index contributed by atoms with van der Waals surface area (Å²) in [6.07, 6.45) is 4.33. The van der Waals surface area contributed by atoms with E-state index in [-0.39, 0.29) is 11.9 Å². The van der Waals surface area contributed by atoms with Crippen LogP contribution in [0.2, 0.25) is 0 Å². The summed E-state index contributed by atoms with van der Waals surface area (Å²) in [5.41, 5.74) is 13.7. The molecular weight excluding hydrogens is 432 g/mol. The second kappa shape index (κ2) is 9.32. The molecule has 0 aromatic heterocycles. The van der Waals surface area contributed by atoms with Gasteiger partial charge in [0.05, 0.1) is 33.1 Å². The molecule has 2 aliphatic rings. The Morgan fingerprint density at radius 1 is 1.00 bits per heavy atom. The first kappa shape index (κ1) is 22.2. The number of hydrazine groups is 1. The van der Waals surface area contributed by atoms with E-state index in [1.165, 1.54) is 33.7 Å². The first-order valence-electron chi connectivity index (χ1n) is 11.3. The van der Waals surface area contributed by atoms with Gasteiger partial charge in [0.1, 0.15) is 23.3 Å². The zero-order valence-corrected chi connectivity index (χ0v) is 19.5. The number of nitrogens with one attached hydrogen (secondary N) is 3. The fraction of sp³-hybridized carbons (Fsp3) is 0.308. The molecule has 2 unspecified atom stereocenters. The number of amides is 1. The first-order chi connectivity index (χ1) is 16.6. The van der Waals surface area contributed by atoms with Crippen molar-refractivity contribution in [3.05, 3.63) is 64.7 Å². The predicted octanol–water partition coefficient (Wildman–Crippen LogP) is 3.02. The summed E-state index contributed by atoms with van der Waals surface area (Å²) in [5, 5.41) is 6.79. The third kappa shape index (κ3) is 3.95. The van der Waals surface area contributed by atoms with Crippen molar-refractivity contribution < 1.29 is 19.0 Å². The van der Waals surface area contributed by atoms with Gasteiger partial charge in [-0.15, -0.1) is 0 Å². The summed E-state index contributed by atoms with van der Waals surface area (Å²) in [6.45, 7) is 0. The van der Waals surface area contributed by atoms with Crippen molar-refractivity contribution in [3.63, 3.8) is 0 Å². The topological polar surface area (TPSA) is 93.2 Å². The number of nitrogens with zero attached hydrogens (tertiary/aromatic N) is 1. The zero-order chi connectivity index (χ0) is 23.7. The number of aryl methyl sites for hydroxylation is 2. The van der Waals surface area contributed by atoms with Crippen LogP contribution in [0.5, 0.6) is 17.2 Å². The Labute approximate surface area is 198 Å². The van der Waals surface area contributed by atoms with Crippen molar-refractivity contribution in [3.8, 4) is 17.2 Å². The lowest BCUT2D eigenvalue weighted by molar-refractivity contribution is -0.122. The number of hydrazone groups is 1. The molecule has 3 aromatic rings. The number of hydrogen-bond donors (Lipinski definition) is 3. The number of benzene rings is 3. The molecule has 1 aliphatic carbocycles. The maximum atomic E-state index is 12.8. The van der Waals surface area contributed by atoms with E-state index in [0.29, 0.717) is 29.2 Å². The Balaban J connectivity index is 1.29. The van der Waals surface area contributed by atoms with Gasteiger partial charge >= 0.3 is 0 Å². The van der Waals surface area contributed by atoms with E-state index in [9.17, 15) is 4.79 Å². The highest BCUT2D eigenvalue weighted by Gasteiger charge is 2.31. The fourth-order valence-electron chi connectivity index (χ4n) is 4.90. The SMILES string of the molecule is COc1cc(OC)c(/C=N/NC(=O)C2CC(c3ccc4c5c(cccc35)CC4)NN2)c(OC)c1. The van der Waals surface area contributed by atoms with Gasteiger partial charge in [0, 0.05) is 18.2 Å². The van der Waals surface area contributed by atoms with E-state index in [1.807, 2.05) is 0 Å². The molecular formula is C26H28N4O4. The molecule has 0 spiro atoms. The Hall–Kier alpha value is -3.62. The van der Waals surface area contributed by atoms with Crippen LogP contribution in [0.1, 0.15) is 34.7 Å². The van der Waals surface area contributed by atoms with Gasteiger partial charge < -0.3 is 14.2 Å². The molecule has 1 heterocycles. The lowest BCUT2D eigenvalue weighted by atomic mass is 9.93. The number of rotatable bonds is 7. The third-order valence-corrected chi connectivity index (χ3v) is 6.63. The predicted molar refractivity (Wildman–Crippen MR) is 131 cm³/mol. The summed E-state index contributed by atoms with van der Waals surface area (Å²) in [7, 11) is 4.68. The van der Waals surface area contributed by atoms with Crippen LogP contribution < -0.4 is 30.5 Å². The molecule has 1 amide bonds. The number of carbonyl (C=O) groups is 1. The summed E-state index contributed by atoms with van der Waals surface area (Å²) < 4.78 is 16.1. The number of methoxy groups -OCH3 is 3. The standard InChI is InChI=1S/C26H28N4O4/c1-32-17-11-23(33-2)20(24(12-17)34-3)14-27-30-26(31)22-13-21(28-29-22)18-10-9-16-8-7-15-5-4-6-19(18)25(15)16/h4-6,9-12,14,21-22,28-29H,7-8,13H2,1-3H3,(H,30,31)/b27-14+. The Morgan fingerprint density at radius 2 is 1.74 bits per heavy atom. The van der Waals surface area contributed by atoms with E-state index < -0.39 is 6.04 Å². The van der Waals surface area contributed by atoms with Gasteiger partial charge in [-0.1, -0.05) is 30.3 Å². The third-order valence-electron chi connectivity index (χ3n) is 6.63. The minimum absolute atomic E-state index is 0.0337. The average Bonchev–Trinajstić information content (AvgIpc) is 3.53. The minimum Gasteiger partial charge on any atom is -0.496 e. The van der Waals surface area contributed by atoms with E-state index in [4.69, 9.17) is 14.2 Å². The average molecular weight is 461 g/mol. The first-order valence-corrected chi connectivity index (χ1v) is 11.3. The van der Waals surface area contributed by atoms with Crippen LogP contribution in [0.3, 0.4) is 0 Å². The van der Waals surface area contributed by atoms with Crippen molar-refractivity contribution in [2.24, 2.45) is 5.10 Å². The van der Waals surface area contributed by atoms with Crippen LogP contribution in [0.15, 0.2) is 47.6 Å². The molecule has 3 aromatic carbocycles. The second-order valence-corrected chi connectivity index (χ2v) is 8.46. The summed E-state index contributed by atoms with van der Waals surface area (Å²) in [4.78, 5) is 12.8. The largest absolute Gasteiger partial charge is 0.496 e. The second-order valence-electron chi connectivity index (χ2n) is 8.46. The molecule has 1 saturated heterocycles. The van der Waals surface area contributed by atoms with Gasteiger partial charge in [-0.25, -0.2) is 16.3 Å². The van der Waals surface area contributed by atoms with E-state index >= 15 is 0 Å². The monoisotopic (exact) mass is 460 g/mol. The van der Waals surface area contributed by atoms with Gasteiger partial charge in [-0.3, -0.25) is 4.79 Å². The Bertz CT molecular complexity index is 1240. The van der Waals surface area contributed by atoms with Crippen molar-refractivity contribution >= 4 is 22.9 Å². The summed E-state index contributed by atoms with van der Waals surface area (Å²) in [6, 6.07) is 14.0. The number of carbonyl (C=O) groups excluding carboxylic acids is 1. The zero-order valence-electron chi connectivity index (χ0n) is 19.5. The summed E-state index contributed by atoms with van der Waals surface area (Å²) in [5.74, 6) is 1.44. The Kier molecular flexibility index (Phi) is 6.08. The molecule has 1 aliphatic heterocycles. The van der Waals surface area contributed by atoms with Crippen molar-refractivity contribution in [1.82, 2.24) is 16.3 Å². The van der Waals surface area contributed by atoms with Gasteiger partial charge in [-0.2, -0.15) is 5.10 Å². The highest BCUT2D eigenvalue weighted by atomic mass is 16.5. The van der Waals surface area contributed by atoms with E-state index in [0.717, 1.165) is 12.8 Å². The lowest BCUT2D eigenvalue weighted by Gasteiger charge is -2.14. The normalized spacial score (nSPS) is 19.0. The van der Waals surface area contributed by atoms with Crippen molar-refractivity contribution in [2.75, 3.05) is 21.3 Å². The lowest BCUT2D eigenvalue weighted by Crippen LogP contribution is -2.41.